The number of hydroxylamine groups is 6. The van der Waals surface area contributed by atoms with Crippen molar-refractivity contribution in [2.75, 3.05) is 58.7 Å². The third-order valence-corrected chi connectivity index (χ3v) is 13.5. The van der Waals surface area contributed by atoms with E-state index in [1.165, 1.54) is 4.90 Å². The molecule has 0 aromatic heterocycles. The van der Waals surface area contributed by atoms with Crippen LogP contribution in [-0.4, -0.2) is 162 Å². The number of carbonyl (C=O) groups is 9. The number of rotatable bonds is 44. The van der Waals surface area contributed by atoms with Crippen LogP contribution in [0, 0.1) is 23.2 Å². The van der Waals surface area contributed by atoms with Crippen molar-refractivity contribution in [1.82, 2.24) is 41.4 Å². The van der Waals surface area contributed by atoms with Crippen LogP contribution in [0.4, 0.5) is 5.69 Å². The Bertz CT molecular complexity index is 1900. The molecule has 0 bridgehead atoms. The molecule has 6 atom stereocenters. The van der Waals surface area contributed by atoms with Crippen molar-refractivity contribution in [3.05, 3.63) is 30.3 Å². The van der Waals surface area contributed by atoms with Gasteiger partial charge in [0, 0.05) is 26.3 Å². The van der Waals surface area contributed by atoms with Crippen molar-refractivity contribution in [3.63, 3.8) is 0 Å². The monoisotopic (exact) mass is 1160 g/mol. The van der Waals surface area contributed by atoms with E-state index in [9.17, 15) is 58.8 Å². The van der Waals surface area contributed by atoms with E-state index in [1.807, 2.05) is 39.0 Å². The van der Waals surface area contributed by atoms with Crippen molar-refractivity contribution >= 4 is 60.4 Å². The molecule has 0 aliphatic heterocycles. The second-order valence-electron chi connectivity index (χ2n) is 22.2. The highest BCUT2D eigenvalue weighted by molar-refractivity contribution is 5.97. The third kappa shape index (κ3) is 38.1. The number of benzene rings is 1. The molecular weight excluding hydrogens is 1050 g/mol. The highest BCUT2D eigenvalue weighted by atomic mass is 16.5. The van der Waals surface area contributed by atoms with Crippen LogP contribution in [0.1, 0.15) is 190 Å². The number of nitrogens with zero attached hydrogens (tertiary/aromatic N) is 4. The molecule has 23 heteroatoms. The van der Waals surface area contributed by atoms with Gasteiger partial charge in [-0.15, -0.1) is 0 Å². The normalized spacial score (nSPS) is 13.0. The number of unbranched alkanes of at least 4 members (excludes halogenated alkanes) is 11. The molecule has 0 spiro atoms. The summed E-state index contributed by atoms with van der Waals surface area (Å²) in [6, 6.07) is 7.02. The lowest BCUT2D eigenvalue weighted by Gasteiger charge is -2.33. The second kappa shape index (κ2) is 48.7. The van der Waals surface area contributed by atoms with Crippen molar-refractivity contribution in [2.45, 2.75) is 208 Å². The first-order valence-electron chi connectivity index (χ1n) is 29.9. The Labute approximate surface area is 490 Å². The molecule has 0 radical (unpaired) electrons. The van der Waals surface area contributed by atoms with Crippen molar-refractivity contribution in [2.24, 2.45) is 34.6 Å². The van der Waals surface area contributed by atoms with Gasteiger partial charge >= 0.3 is 0 Å². The zero-order valence-corrected chi connectivity index (χ0v) is 51.3. The molecule has 0 aliphatic carbocycles. The van der Waals surface area contributed by atoms with E-state index >= 15 is 0 Å². The van der Waals surface area contributed by atoms with Crippen LogP contribution in [0.15, 0.2) is 30.3 Å². The molecule has 12 N–H and O–H groups in total. The number of amides is 9. The quantitative estimate of drug-likeness (QED) is 0.0149. The summed E-state index contributed by atoms with van der Waals surface area (Å²) < 4.78 is 0. The van der Waals surface area contributed by atoms with Crippen LogP contribution in [0.5, 0.6) is 0 Å². The summed E-state index contributed by atoms with van der Waals surface area (Å²) in [4.78, 5) is 110. The number of nitrogens with two attached hydrogens (primary N) is 2. The minimum absolute atomic E-state index is 0.0762. The van der Waals surface area contributed by atoms with Gasteiger partial charge in [0.25, 0.3) is 0 Å². The number of hydrogen-bond acceptors (Lipinski definition) is 14. The summed E-state index contributed by atoms with van der Waals surface area (Å²) in [5.41, 5.74) is 11.3. The van der Waals surface area contributed by atoms with E-state index in [1.54, 1.807) is 26.2 Å². The van der Waals surface area contributed by atoms with Crippen molar-refractivity contribution < 1.29 is 58.8 Å². The highest BCUT2D eigenvalue weighted by Gasteiger charge is 2.36. The number of nitrogens with one attached hydrogen (secondary N) is 5. The Balaban J connectivity index is 0. The van der Waals surface area contributed by atoms with Crippen molar-refractivity contribution in [3.8, 4) is 0 Å². The molecule has 0 aliphatic rings. The van der Waals surface area contributed by atoms with E-state index in [0.29, 0.717) is 85.4 Å². The molecular formula is C59H109N11O12. The van der Waals surface area contributed by atoms with Crippen LogP contribution < -0.4 is 38.1 Å². The van der Waals surface area contributed by atoms with Gasteiger partial charge in [-0.05, 0) is 94.8 Å². The van der Waals surface area contributed by atoms with Gasteiger partial charge < -0.3 is 43.0 Å². The Morgan fingerprint density at radius 1 is 0.500 bits per heavy atom. The number of para-hydroxylation sites is 1. The van der Waals surface area contributed by atoms with Crippen LogP contribution in [0.25, 0.3) is 0 Å². The minimum atomic E-state index is -0.716. The van der Waals surface area contributed by atoms with Crippen LogP contribution in [0.3, 0.4) is 0 Å². The van der Waals surface area contributed by atoms with Gasteiger partial charge in [0.05, 0.1) is 37.4 Å². The number of carbonyl (C=O) groups excluding carboxylic acids is 9. The molecule has 0 saturated carbocycles. The first kappa shape index (κ1) is 78.3. The molecule has 1 aromatic rings. The molecule has 9 amide bonds. The summed E-state index contributed by atoms with van der Waals surface area (Å²) in [5.74, 6) is -3.32. The second-order valence-corrected chi connectivity index (χ2v) is 22.2. The van der Waals surface area contributed by atoms with Crippen LogP contribution in [-0.2, 0) is 43.2 Å². The standard InChI is InChI=1S/C21H34N4O4.C21H42N4O4.C17H33N3O4/c1-2-3-5-10-17(15-25(29)16-26)20(27)24-19(13-8-9-14-22)21(28)23-18-11-6-4-7-12-18;1-3-5-7-11-15-23-21(28)19(13-9-10-14-22)24-20(27)18(12-8-6-4-2)16-25(29)17-26;1-7-8-9-10-13(11-20(24)12-21)15(22)18-14(17(2,3)4)16(23)19(5)6/h4,6-7,11-12,16-17,19,29H,2-3,5,8-10,13-15,22H2,1H3,(H,23,28)(H,24,27);17-19,29H,3-16,22H2,1-2H3,(H,23,28)(H,24,27);12-14,24H,7-11H2,1-6H3,(H,18,22)/t17-,19+;18-,19+;13-,14-/m111/s1. The SMILES string of the molecule is CCCCCCNC(=O)[C@H](CCCCN)NC(=O)[C@H](CCCCC)CN(O)C=O.CCCCC[C@H](CN(O)C=O)C(=O)N[C@@H](CCCCN)C(=O)Nc1ccccc1.CCCCC[C@H](CN(O)C=O)C(=O)N[C@H](C(=O)N(C)C)C(C)(C)C. The van der Waals surface area contributed by atoms with E-state index in [-0.39, 0.29) is 67.9 Å². The fourth-order valence-electron chi connectivity index (χ4n) is 8.55. The zero-order valence-electron chi connectivity index (χ0n) is 51.3. The average Bonchev–Trinajstić information content (AvgIpc) is 3.53. The van der Waals surface area contributed by atoms with Crippen LogP contribution in [0.2, 0.25) is 0 Å². The minimum Gasteiger partial charge on any atom is -0.354 e. The summed E-state index contributed by atoms with van der Waals surface area (Å²) in [6.07, 6.45) is 19.0. The Hall–Kier alpha value is -5.75. The predicted molar refractivity (Wildman–Crippen MR) is 319 cm³/mol. The molecule has 1 rings (SSSR count). The van der Waals surface area contributed by atoms with E-state index in [2.05, 4.69) is 54.3 Å². The summed E-state index contributed by atoms with van der Waals surface area (Å²) in [6.45, 7) is 15.4. The molecule has 23 nitrogen and oxygen atoms in total. The van der Waals surface area contributed by atoms with Gasteiger partial charge in [-0.1, -0.05) is 144 Å². The van der Waals surface area contributed by atoms with Gasteiger partial charge in [0.2, 0.25) is 54.7 Å². The van der Waals surface area contributed by atoms with Gasteiger partial charge in [-0.25, -0.2) is 15.2 Å². The summed E-state index contributed by atoms with van der Waals surface area (Å²) in [5, 5.41) is 44.1. The summed E-state index contributed by atoms with van der Waals surface area (Å²) in [7, 11) is 3.29. The van der Waals surface area contributed by atoms with Gasteiger partial charge in [-0.3, -0.25) is 58.8 Å². The summed E-state index contributed by atoms with van der Waals surface area (Å²) >= 11 is 0. The maximum atomic E-state index is 12.8. The average molecular weight is 1160 g/mol. The molecule has 1 aromatic carbocycles. The number of anilines is 1. The van der Waals surface area contributed by atoms with E-state index < -0.39 is 41.3 Å². The molecule has 82 heavy (non-hydrogen) atoms. The Kier molecular flexibility index (Phi) is 46.6. The van der Waals surface area contributed by atoms with Gasteiger partial charge in [-0.2, -0.15) is 0 Å². The Morgan fingerprint density at radius 2 is 0.866 bits per heavy atom. The highest BCUT2D eigenvalue weighted by Crippen LogP contribution is 2.23. The zero-order chi connectivity index (χ0) is 62.3. The van der Waals surface area contributed by atoms with Crippen LogP contribution >= 0.6 is 0 Å². The van der Waals surface area contributed by atoms with E-state index in [0.717, 1.165) is 103 Å². The van der Waals surface area contributed by atoms with E-state index in [4.69, 9.17) is 11.5 Å². The molecule has 0 heterocycles. The maximum Gasteiger partial charge on any atom is 0.246 e. The molecule has 0 saturated heterocycles. The first-order valence-corrected chi connectivity index (χ1v) is 29.9. The molecule has 472 valence electrons. The molecule has 0 fully saturated rings. The predicted octanol–water partition coefficient (Wildman–Crippen LogP) is 6.27. The Morgan fingerprint density at radius 3 is 1.22 bits per heavy atom. The topological polar surface area (TPSA) is 339 Å². The number of hydrogen-bond donors (Lipinski definition) is 10. The van der Waals surface area contributed by atoms with Crippen molar-refractivity contribution in [1.29, 1.82) is 0 Å². The fourth-order valence-corrected chi connectivity index (χ4v) is 8.55. The molecule has 0 unspecified atom stereocenters. The maximum absolute atomic E-state index is 12.8. The van der Waals surface area contributed by atoms with Gasteiger partial charge in [0.1, 0.15) is 18.1 Å². The lowest BCUT2D eigenvalue weighted by atomic mass is 9.85. The lowest BCUT2D eigenvalue weighted by Crippen LogP contribution is -2.55. The number of likely N-dealkylation sites (N-methyl/N-ethyl adjacent to an activating group) is 1. The lowest BCUT2D eigenvalue weighted by molar-refractivity contribution is -0.155. The third-order valence-electron chi connectivity index (χ3n) is 13.5. The smallest absolute Gasteiger partial charge is 0.246 e. The van der Waals surface area contributed by atoms with Gasteiger partial charge in [0.15, 0.2) is 0 Å². The fraction of sp³-hybridized carbons (Fsp3) is 0.746. The first-order chi connectivity index (χ1) is 39.0. The largest absolute Gasteiger partial charge is 0.354 e.